The highest BCUT2D eigenvalue weighted by molar-refractivity contribution is 5.19. The highest BCUT2D eigenvalue weighted by Gasteiger charge is 2.40. The van der Waals surface area contributed by atoms with Gasteiger partial charge in [-0.15, -0.1) is 0 Å². The van der Waals surface area contributed by atoms with Crippen LogP contribution in [-0.4, -0.2) is 25.0 Å². The number of rotatable bonds is 0. The van der Waals surface area contributed by atoms with Crippen LogP contribution in [0.1, 0.15) is 27.2 Å². The van der Waals surface area contributed by atoms with Gasteiger partial charge in [0.25, 0.3) is 0 Å². The van der Waals surface area contributed by atoms with Crippen molar-refractivity contribution in [2.75, 3.05) is 20.1 Å². The summed E-state index contributed by atoms with van der Waals surface area (Å²) in [5, 5.41) is 0. The van der Waals surface area contributed by atoms with E-state index in [1.54, 1.807) is 5.57 Å². The molecule has 2 bridgehead atoms. The second kappa shape index (κ2) is 3.69. The molecule has 1 saturated carbocycles. The van der Waals surface area contributed by atoms with E-state index in [0.29, 0.717) is 0 Å². The average Bonchev–Trinajstić information content (AvgIpc) is 2.14. The zero-order valence-electron chi connectivity index (χ0n) is 9.96. The van der Waals surface area contributed by atoms with Crippen molar-refractivity contribution in [2.24, 2.45) is 23.7 Å². The Morgan fingerprint density at radius 1 is 1.14 bits per heavy atom. The Labute approximate surface area is 88.2 Å². The minimum absolute atomic E-state index is 0.847. The normalized spacial score (nSPS) is 43.9. The standard InChI is InChI=1S/C13H23N/c1-5-11-12-7-14(4)8-13(11)10(3)6-9(12)2/h5,9-10,12-13H,6-8H2,1-4H3. The van der Waals surface area contributed by atoms with E-state index in [0.717, 1.165) is 23.7 Å². The Morgan fingerprint density at radius 3 is 2.07 bits per heavy atom. The molecule has 1 aliphatic carbocycles. The first kappa shape index (κ1) is 10.2. The molecule has 80 valence electrons. The lowest BCUT2D eigenvalue weighted by Gasteiger charge is -2.48. The molecule has 1 saturated heterocycles. The molecule has 2 aliphatic rings. The zero-order chi connectivity index (χ0) is 10.3. The number of allylic oxidation sites excluding steroid dienone is 1. The number of hydrogen-bond acceptors (Lipinski definition) is 1. The van der Waals surface area contributed by atoms with Gasteiger partial charge in [-0.1, -0.05) is 25.5 Å². The lowest BCUT2D eigenvalue weighted by molar-refractivity contribution is 0.0891. The summed E-state index contributed by atoms with van der Waals surface area (Å²) >= 11 is 0. The van der Waals surface area contributed by atoms with Gasteiger partial charge in [-0.2, -0.15) is 0 Å². The molecule has 1 heterocycles. The minimum atomic E-state index is 0.847. The molecular weight excluding hydrogens is 170 g/mol. The van der Waals surface area contributed by atoms with Crippen molar-refractivity contribution in [1.82, 2.24) is 4.90 Å². The molecule has 2 fully saturated rings. The minimum Gasteiger partial charge on any atom is -0.305 e. The van der Waals surface area contributed by atoms with E-state index in [2.05, 4.69) is 38.8 Å². The zero-order valence-corrected chi connectivity index (χ0v) is 9.96. The second-order valence-electron chi connectivity index (χ2n) is 5.41. The first-order valence-electron chi connectivity index (χ1n) is 5.98. The third kappa shape index (κ3) is 1.52. The number of fused-ring (bicyclic) bond motifs is 2. The van der Waals surface area contributed by atoms with Crippen molar-refractivity contribution in [3.63, 3.8) is 0 Å². The van der Waals surface area contributed by atoms with Crippen LogP contribution in [0.25, 0.3) is 0 Å². The molecule has 4 unspecified atom stereocenters. The molecule has 0 N–H and O–H groups in total. The summed E-state index contributed by atoms with van der Waals surface area (Å²) in [5.41, 5.74) is 1.76. The molecule has 1 aliphatic heterocycles. The van der Waals surface area contributed by atoms with Crippen LogP contribution in [0.4, 0.5) is 0 Å². The summed E-state index contributed by atoms with van der Waals surface area (Å²) in [5.74, 6) is 3.46. The van der Waals surface area contributed by atoms with Gasteiger partial charge in [0.2, 0.25) is 0 Å². The first-order chi connectivity index (χ1) is 6.63. The fraction of sp³-hybridized carbons (Fsp3) is 0.846. The van der Waals surface area contributed by atoms with Crippen molar-refractivity contribution in [2.45, 2.75) is 27.2 Å². The quantitative estimate of drug-likeness (QED) is 0.535. The molecule has 2 rings (SSSR count). The maximum Gasteiger partial charge on any atom is 0.00469 e. The van der Waals surface area contributed by atoms with E-state index in [4.69, 9.17) is 0 Å². The van der Waals surface area contributed by atoms with Crippen LogP contribution in [0.15, 0.2) is 11.6 Å². The lowest BCUT2D eigenvalue weighted by Crippen LogP contribution is -2.48. The van der Waals surface area contributed by atoms with E-state index in [-0.39, 0.29) is 0 Å². The Hall–Kier alpha value is -0.300. The molecule has 1 nitrogen and oxygen atoms in total. The molecule has 0 aromatic carbocycles. The smallest absolute Gasteiger partial charge is 0.00469 e. The molecule has 14 heavy (non-hydrogen) atoms. The van der Waals surface area contributed by atoms with Gasteiger partial charge < -0.3 is 4.90 Å². The fourth-order valence-corrected chi connectivity index (χ4v) is 3.59. The molecular formula is C13H23N. The lowest BCUT2D eigenvalue weighted by atomic mass is 9.64. The summed E-state index contributed by atoms with van der Waals surface area (Å²) in [7, 11) is 2.28. The molecule has 0 aromatic rings. The van der Waals surface area contributed by atoms with Crippen molar-refractivity contribution >= 4 is 0 Å². The highest BCUT2D eigenvalue weighted by atomic mass is 15.1. The maximum absolute atomic E-state index is 2.52. The first-order valence-corrected chi connectivity index (χ1v) is 5.98. The SMILES string of the molecule is CC=C1C2CN(C)CC1C(C)CC2C. The molecule has 0 spiro atoms. The number of hydrogen-bond donors (Lipinski definition) is 0. The predicted octanol–water partition coefficient (Wildman–Crippen LogP) is 2.79. The van der Waals surface area contributed by atoms with Gasteiger partial charge in [-0.3, -0.25) is 0 Å². The van der Waals surface area contributed by atoms with E-state index >= 15 is 0 Å². The van der Waals surface area contributed by atoms with Crippen molar-refractivity contribution < 1.29 is 0 Å². The van der Waals surface area contributed by atoms with Gasteiger partial charge in [0.15, 0.2) is 0 Å². The molecule has 0 radical (unpaired) electrons. The molecule has 4 atom stereocenters. The summed E-state index contributed by atoms with van der Waals surface area (Å²) in [6.45, 7) is 9.65. The van der Waals surface area contributed by atoms with Crippen LogP contribution in [0.3, 0.4) is 0 Å². The summed E-state index contributed by atoms with van der Waals surface area (Å²) in [4.78, 5) is 2.52. The van der Waals surface area contributed by atoms with Crippen molar-refractivity contribution in [1.29, 1.82) is 0 Å². The Kier molecular flexibility index (Phi) is 2.70. The third-order valence-electron chi connectivity index (χ3n) is 4.32. The third-order valence-corrected chi connectivity index (χ3v) is 4.32. The second-order valence-corrected chi connectivity index (χ2v) is 5.41. The Balaban J connectivity index is 2.28. The van der Waals surface area contributed by atoms with Crippen molar-refractivity contribution in [3.8, 4) is 0 Å². The average molecular weight is 193 g/mol. The van der Waals surface area contributed by atoms with E-state index in [1.807, 2.05) is 0 Å². The number of likely N-dealkylation sites (tertiary alicyclic amines) is 1. The molecule has 1 heteroatoms. The predicted molar refractivity (Wildman–Crippen MR) is 61.2 cm³/mol. The van der Waals surface area contributed by atoms with Crippen LogP contribution in [0, 0.1) is 23.7 Å². The Morgan fingerprint density at radius 2 is 1.64 bits per heavy atom. The van der Waals surface area contributed by atoms with Gasteiger partial charge in [-0.25, -0.2) is 0 Å². The summed E-state index contributed by atoms with van der Waals surface area (Å²) in [6.07, 6.45) is 3.83. The van der Waals surface area contributed by atoms with E-state index in [9.17, 15) is 0 Å². The van der Waals surface area contributed by atoms with Crippen molar-refractivity contribution in [3.05, 3.63) is 11.6 Å². The Bertz CT molecular complexity index is 224. The van der Waals surface area contributed by atoms with Gasteiger partial charge in [0.05, 0.1) is 0 Å². The number of nitrogens with zero attached hydrogens (tertiary/aromatic N) is 1. The van der Waals surface area contributed by atoms with Crippen LogP contribution in [0.5, 0.6) is 0 Å². The van der Waals surface area contributed by atoms with E-state index in [1.165, 1.54) is 19.5 Å². The van der Waals surface area contributed by atoms with Gasteiger partial charge in [-0.05, 0) is 44.1 Å². The van der Waals surface area contributed by atoms with Crippen LogP contribution in [0.2, 0.25) is 0 Å². The largest absolute Gasteiger partial charge is 0.305 e. The molecule has 0 aromatic heterocycles. The van der Waals surface area contributed by atoms with E-state index < -0.39 is 0 Å². The monoisotopic (exact) mass is 193 g/mol. The fourth-order valence-electron chi connectivity index (χ4n) is 3.59. The number of piperidine rings is 1. The van der Waals surface area contributed by atoms with Crippen LogP contribution < -0.4 is 0 Å². The van der Waals surface area contributed by atoms with Gasteiger partial charge in [0.1, 0.15) is 0 Å². The van der Waals surface area contributed by atoms with Crippen LogP contribution >= 0.6 is 0 Å². The van der Waals surface area contributed by atoms with Gasteiger partial charge >= 0.3 is 0 Å². The summed E-state index contributed by atoms with van der Waals surface area (Å²) < 4.78 is 0. The molecule has 0 amide bonds. The summed E-state index contributed by atoms with van der Waals surface area (Å²) in [6, 6.07) is 0. The topological polar surface area (TPSA) is 3.24 Å². The van der Waals surface area contributed by atoms with Crippen LogP contribution in [-0.2, 0) is 0 Å². The van der Waals surface area contributed by atoms with Gasteiger partial charge in [0, 0.05) is 13.1 Å². The highest BCUT2D eigenvalue weighted by Crippen LogP contribution is 2.44. The maximum atomic E-state index is 2.52.